The molecule has 0 aromatic heterocycles. The van der Waals surface area contributed by atoms with Crippen LogP contribution < -0.4 is 24.8 Å². The number of ether oxygens (including phenoxy) is 3. The molecule has 0 unspecified atom stereocenters. The lowest BCUT2D eigenvalue weighted by molar-refractivity contribution is 0.0953. The Labute approximate surface area is 166 Å². The van der Waals surface area contributed by atoms with Crippen LogP contribution in [0.15, 0.2) is 36.4 Å². The number of fused-ring (bicyclic) bond motifs is 1. The van der Waals surface area contributed by atoms with Gasteiger partial charge in [-0.25, -0.2) is 0 Å². The van der Waals surface area contributed by atoms with E-state index >= 15 is 0 Å². The maximum atomic E-state index is 12.0. The average molecular weight is 384 g/mol. The zero-order chi connectivity index (χ0) is 19.8. The van der Waals surface area contributed by atoms with Gasteiger partial charge in [0.15, 0.2) is 11.5 Å². The first kappa shape index (κ1) is 20.0. The summed E-state index contributed by atoms with van der Waals surface area (Å²) in [6.45, 7) is 5.28. The second kappa shape index (κ2) is 9.99. The third-order valence-corrected chi connectivity index (χ3v) is 4.58. The molecule has 2 N–H and O–H groups in total. The molecular weight excluding hydrogens is 356 g/mol. The summed E-state index contributed by atoms with van der Waals surface area (Å²) >= 11 is 0. The van der Waals surface area contributed by atoms with Crippen LogP contribution >= 0.6 is 0 Å². The van der Waals surface area contributed by atoms with E-state index in [-0.39, 0.29) is 5.91 Å². The first-order valence-corrected chi connectivity index (χ1v) is 9.75. The summed E-state index contributed by atoms with van der Waals surface area (Å²) in [5, 5.41) is 6.35. The smallest absolute Gasteiger partial charge is 0.251 e. The lowest BCUT2D eigenvalue weighted by atomic mass is 10.1. The molecule has 1 aliphatic rings. The van der Waals surface area contributed by atoms with Crippen LogP contribution in [0, 0.1) is 0 Å². The van der Waals surface area contributed by atoms with Crippen molar-refractivity contribution in [3.05, 3.63) is 53.1 Å². The Morgan fingerprint density at radius 3 is 2.57 bits per heavy atom. The number of amides is 1. The van der Waals surface area contributed by atoms with E-state index in [1.807, 2.05) is 36.4 Å². The summed E-state index contributed by atoms with van der Waals surface area (Å²) in [7, 11) is 1.63. The Hall–Kier alpha value is -2.73. The largest absolute Gasteiger partial charge is 0.493 e. The highest BCUT2D eigenvalue weighted by atomic mass is 16.6. The molecule has 0 spiro atoms. The van der Waals surface area contributed by atoms with Gasteiger partial charge in [0, 0.05) is 25.2 Å². The molecule has 0 fully saturated rings. The predicted octanol–water partition coefficient (Wildman–Crippen LogP) is 3.29. The normalized spacial score (nSPS) is 12.5. The van der Waals surface area contributed by atoms with E-state index in [4.69, 9.17) is 14.2 Å². The van der Waals surface area contributed by atoms with Crippen molar-refractivity contribution in [2.75, 3.05) is 26.9 Å². The molecule has 0 radical (unpaired) electrons. The Balaban J connectivity index is 1.53. The molecule has 1 amide bonds. The first-order valence-electron chi connectivity index (χ1n) is 9.75. The topological polar surface area (TPSA) is 68.8 Å². The average Bonchev–Trinajstić information content (AvgIpc) is 2.73. The van der Waals surface area contributed by atoms with Gasteiger partial charge in [-0.05, 0) is 41.8 Å². The second-order valence-electron chi connectivity index (χ2n) is 6.73. The molecule has 0 atom stereocenters. The van der Waals surface area contributed by atoms with Crippen LogP contribution in [-0.4, -0.2) is 32.8 Å². The summed E-state index contributed by atoms with van der Waals surface area (Å²) in [6, 6.07) is 11.6. The minimum atomic E-state index is -0.0173. The van der Waals surface area contributed by atoms with E-state index in [1.54, 1.807) is 7.11 Å². The second-order valence-corrected chi connectivity index (χ2v) is 6.73. The Morgan fingerprint density at radius 1 is 1.07 bits per heavy atom. The van der Waals surface area contributed by atoms with Crippen molar-refractivity contribution in [2.24, 2.45) is 0 Å². The monoisotopic (exact) mass is 384 g/mol. The quantitative estimate of drug-likeness (QED) is 0.650. The van der Waals surface area contributed by atoms with Gasteiger partial charge in [0.25, 0.3) is 5.91 Å². The molecule has 1 aliphatic heterocycles. The van der Waals surface area contributed by atoms with Gasteiger partial charge in [0.2, 0.25) is 5.75 Å². The number of rotatable bonds is 9. The predicted molar refractivity (Wildman–Crippen MR) is 108 cm³/mol. The van der Waals surface area contributed by atoms with Gasteiger partial charge in [-0.3, -0.25) is 4.79 Å². The molecule has 0 saturated carbocycles. The zero-order valence-electron chi connectivity index (χ0n) is 16.5. The number of benzene rings is 2. The van der Waals surface area contributed by atoms with Gasteiger partial charge in [0.1, 0.15) is 13.2 Å². The van der Waals surface area contributed by atoms with E-state index in [0.717, 1.165) is 36.3 Å². The molecule has 28 heavy (non-hydrogen) atoms. The maximum Gasteiger partial charge on any atom is 0.251 e. The van der Waals surface area contributed by atoms with Crippen molar-refractivity contribution in [1.82, 2.24) is 10.6 Å². The number of carbonyl (C=O) groups is 1. The molecule has 0 bridgehead atoms. The summed E-state index contributed by atoms with van der Waals surface area (Å²) < 4.78 is 16.7. The van der Waals surface area contributed by atoms with Crippen LogP contribution in [0.5, 0.6) is 17.2 Å². The van der Waals surface area contributed by atoms with Gasteiger partial charge < -0.3 is 24.8 Å². The highest BCUT2D eigenvalue weighted by Gasteiger charge is 2.18. The number of methoxy groups -OCH3 is 1. The third-order valence-electron chi connectivity index (χ3n) is 4.58. The number of carbonyl (C=O) groups excluding carboxylic acids is 1. The SMILES string of the molecule is CCCCNC(=O)c1ccc(CNCc2cc(OC)c3c(c2)OCCO3)cc1. The van der Waals surface area contributed by atoms with Gasteiger partial charge in [0.05, 0.1) is 7.11 Å². The summed E-state index contributed by atoms with van der Waals surface area (Å²) in [5.41, 5.74) is 2.87. The lowest BCUT2D eigenvalue weighted by Gasteiger charge is -2.21. The third kappa shape index (κ3) is 5.16. The summed E-state index contributed by atoms with van der Waals surface area (Å²) in [6.07, 6.45) is 2.07. The molecule has 0 saturated heterocycles. The molecule has 150 valence electrons. The number of hydrogen-bond donors (Lipinski definition) is 2. The summed E-state index contributed by atoms with van der Waals surface area (Å²) in [4.78, 5) is 12.0. The van der Waals surface area contributed by atoms with Crippen LogP contribution in [0.3, 0.4) is 0 Å². The van der Waals surface area contributed by atoms with Crippen molar-refractivity contribution in [3.8, 4) is 17.2 Å². The number of unbranched alkanes of at least 4 members (excludes halogenated alkanes) is 1. The fraction of sp³-hybridized carbons (Fsp3) is 0.409. The molecule has 3 rings (SSSR count). The van der Waals surface area contributed by atoms with Crippen LogP contribution in [0.4, 0.5) is 0 Å². The van der Waals surface area contributed by atoms with Crippen molar-refractivity contribution in [3.63, 3.8) is 0 Å². The van der Waals surface area contributed by atoms with E-state index in [2.05, 4.69) is 17.6 Å². The molecular formula is C22H28N2O4. The van der Waals surface area contributed by atoms with Crippen molar-refractivity contribution < 1.29 is 19.0 Å². The highest BCUT2D eigenvalue weighted by Crippen LogP contribution is 2.40. The molecule has 6 heteroatoms. The van der Waals surface area contributed by atoms with Crippen molar-refractivity contribution in [1.29, 1.82) is 0 Å². The molecule has 1 heterocycles. The fourth-order valence-corrected chi connectivity index (χ4v) is 3.04. The molecule has 6 nitrogen and oxygen atoms in total. The molecule has 2 aromatic carbocycles. The Bertz CT molecular complexity index is 773. The minimum absolute atomic E-state index is 0.0173. The van der Waals surface area contributed by atoms with E-state index in [0.29, 0.717) is 43.4 Å². The highest BCUT2D eigenvalue weighted by molar-refractivity contribution is 5.94. The lowest BCUT2D eigenvalue weighted by Crippen LogP contribution is -2.24. The molecule has 0 aliphatic carbocycles. The Kier molecular flexibility index (Phi) is 7.14. The van der Waals surface area contributed by atoms with E-state index in [1.165, 1.54) is 0 Å². The fourth-order valence-electron chi connectivity index (χ4n) is 3.04. The van der Waals surface area contributed by atoms with Crippen molar-refractivity contribution in [2.45, 2.75) is 32.9 Å². The standard InChI is InChI=1S/C22H28N2O4/c1-3-4-9-24-22(25)18-7-5-16(6-8-18)14-23-15-17-12-19(26-2)21-20(13-17)27-10-11-28-21/h5-8,12-13,23H,3-4,9-11,14-15H2,1-2H3,(H,24,25). The van der Waals surface area contributed by atoms with Gasteiger partial charge in [-0.1, -0.05) is 25.5 Å². The maximum absolute atomic E-state index is 12.0. The number of hydrogen-bond acceptors (Lipinski definition) is 5. The van der Waals surface area contributed by atoms with Crippen LogP contribution in [0.1, 0.15) is 41.3 Å². The van der Waals surface area contributed by atoms with Gasteiger partial charge in [-0.2, -0.15) is 0 Å². The molecule has 2 aromatic rings. The van der Waals surface area contributed by atoms with Crippen LogP contribution in [0.25, 0.3) is 0 Å². The van der Waals surface area contributed by atoms with Gasteiger partial charge >= 0.3 is 0 Å². The summed E-state index contributed by atoms with van der Waals surface area (Å²) in [5.74, 6) is 2.06. The van der Waals surface area contributed by atoms with E-state index < -0.39 is 0 Å². The first-order chi connectivity index (χ1) is 13.7. The van der Waals surface area contributed by atoms with Crippen LogP contribution in [0.2, 0.25) is 0 Å². The number of nitrogens with one attached hydrogen (secondary N) is 2. The zero-order valence-corrected chi connectivity index (χ0v) is 16.5. The van der Waals surface area contributed by atoms with Gasteiger partial charge in [-0.15, -0.1) is 0 Å². The van der Waals surface area contributed by atoms with Crippen LogP contribution in [-0.2, 0) is 13.1 Å². The Morgan fingerprint density at radius 2 is 1.82 bits per heavy atom. The minimum Gasteiger partial charge on any atom is -0.493 e. The van der Waals surface area contributed by atoms with Crippen molar-refractivity contribution >= 4 is 5.91 Å². The van der Waals surface area contributed by atoms with E-state index in [9.17, 15) is 4.79 Å².